The Morgan fingerprint density at radius 1 is 1.05 bits per heavy atom. The molecule has 5 heteroatoms. The van der Waals surface area contributed by atoms with Crippen molar-refractivity contribution in [2.45, 2.75) is 33.6 Å². The van der Waals surface area contributed by atoms with Crippen molar-refractivity contribution in [3.63, 3.8) is 0 Å². The van der Waals surface area contributed by atoms with Crippen LogP contribution in [0.15, 0.2) is 24.3 Å². The van der Waals surface area contributed by atoms with Crippen molar-refractivity contribution in [2.24, 2.45) is 0 Å². The number of nitro groups is 1. The standard InChI is InChI=1S/C15H25N2O2.BrH/c1-4-17(5-2,6-3)13-7-8-14-9-11-15(12-10-14)16(18)19;/h9-12H,4-8,13H2,1-3H3;1H/q+1;/p-1. The van der Waals surface area contributed by atoms with Crippen LogP contribution < -0.4 is 17.0 Å². The molecule has 20 heavy (non-hydrogen) atoms. The highest BCUT2D eigenvalue weighted by Gasteiger charge is 2.19. The molecule has 0 saturated heterocycles. The fourth-order valence-corrected chi connectivity index (χ4v) is 2.55. The van der Waals surface area contributed by atoms with Crippen molar-refractivity contribution in [2.75, 3.05) is 26.2 Å². The Morgan fingerprint density at radius 2 is 1.55 bits per heavy atom. The molecule has 1 rings (SSSR count). The molecule has 0 aliphatic carbocycles. The van der Waals surface area contributed by atoms with E-state index in [4.69, 9.17) is 0 Å². The van der Waals surface area contributed by atoms with E-state index in [1.165, 1.54) is 31.7 Å². The summed E-state index contributed by atoms with van der Waals surface area (Å²) in [6, 6.07) is 6.93. The number of non-ortho nitro benzene ring substituents is 1. The molecule has 0 N–H and O–H groups in total. The van der Waals surface area contributed by atoms with Gasteiger partial charge in [0.2, 0.25) is 0 Å². The first-order chi connectivity index (χ1) is 9.06. The molecule has 0 aliphatic heterocycles. The van der Waals surface area contributed by atoms with Gasteiger partial charge in [0, 0.05) is 18.6 Å². The monoisotopic (exact) mass is 344 g/mol. The summed E-state index contributed by atoms with van der Waals surface area (Å²) in [5, 5.41) is 10.6. The van der Waals surface area contributed by atoms with Crippen LogP contribution in [0.5, 0.6) is 0 Å². The fourth-order valence-electron chi connectivity index (χ4n) is 2.55. The molecule has 0 fully saturated rings. The Morgan fingerprint density at radius 3 is 1.95 bits per heavy atom. The average Bonchev–Trinajstić information content (AvgIpc) is 2.45. The third-order valence-corrected chi connectivity index (χ3v) is 4.26. The van der Waals surface area contributed by atoms with Gasteiger partial charge in [-0.15, -0.1) is 0 Å². The van der Waals surface area contributed by atoms with Crippen LogP contribution in [0, 0.1) is 10.1 Å². The largest absolute Gasteiger partial charge is 1.00 e. The molecule has 4 nitrogen and oxygen atoms in total. The zero-order valence-corrected chi connectivity index (χ0v) is 14.2. The normalized spacial score (nSPS) is 10.9. The van der Waals surface area contributed by atoms with Crippen molar-refractivity contribution in [1.82, 2.24) is 0 Å². The van der Waals surface area contributed by atoms with Gasteiger partial charge in [-0.1, -0.05) is 12.1 Å². The predicted molar refractivity (Wildman–Crippen MR) is 78.2 cm³/mol. The van der Waals surface area contributed by atoms with Gasteiger partial charge < -0.3 is 21.5 Å². The number of halogens is 1. The summed E-state index contributed by atoms with van der Waals surface area (Å²) in [7, 11) is 0. The third-order valence-electron chi connectivity index (χ3n) is 4.26. The number of quaternary nitrogens is 1. The average molecular weight is 345 g/mol. The van der Waals surface area contributed by atoms with E-state index >= 15 is 0 Å². The molecule has 1 aromatic carbocycles. The molecule has 1 aromatic rings. The van der Waals surface area contributed by atoms with Gasteiger partial charge in [-0.05, 0) is 32.8 Å². The van der Waals surface area contributed by atoms with Crippen LogP contribution in [0.2, 0.25) is 0 Å². The Bertz CT molecular complexity index is 395. The fraction of sp³-hybridized carbons (Fsp3) is 0.600. The number of hydrogen-bond donors (Lipinski definition) is 0. The first-order valence-corrected chi connectivity index (χ1v) is 7.15. The van der Waals surface area contributed by atoms with E-state index in [1.54, 1.807) is 12.1 Å². The molecule has 0 unspecified atom stereocenters. The minimum absolute atomic E-state index is 0. The SMILES string of the molecule is CC[N+](CC)(CC)CCCc1ccc([N+](=O)[O-])cc1.[Br-]. The van der Waals surface area contributed by atoms with E-state index < -0.39 is 0 Å². The lowest BCUT2D eigenvalue weighted by Crippen LogP contribution is -3.00. The third kappa shape index (κ3) is 5.21. The van der Waals surface area contributed by atoms with Gasteiger partial charge in [-0.3, -0.25) is 10.1 Å². The van der Waals surface area contributed by atoms with Crippen molar-refractivity contribution >= 4 is 5.69 Å². The van der Waals surface area contributed by atoms with E-state index in [2.05, 4.69) is 20.8 Å². The lowest BCUT2D eigenvalue weighted by molar-refractivity contribution is -0.923. The maximum Gasteiger partial charge on any atom is 0.269 e. The van der Waals surface area contributed by atoms with Gasteiger partial charge in [0.05, 0.1) is 31.1 Å². The number of nitrogens with zero attached hydrogens (tertiary/aromatic N) is 2. The Labute approximate surface area is 132 Å². The van der Waals surface area contributed by atoms with Gasteiger partial charge in [0.1, 0.15) is 0 Å². The van der Waals surface area contributed by atoms with Crippen LogP contribution >= 0.6 is 0 Å². The number of hydrogen-bond acceptors (Lipinski definition) is 2. The molecular weight excluding hydrogens is 320 g/mol. The van der Waals surface area contributed by atoms with Crippen molar-refractivity contribution in [3.8, 4) is 0 Å². The van der Waals surface area contributed by atoms with Crippen LogP contribution in [-0.2, 0) is 6.42 Å². The van der Waals surface area contributed by atoms with Gasteiger partial charge in [0.15, 0.2) is 0 Å². The van der Waals surface area contributed by atoms with Crippen LogP contribution in [-0.4, -0.2) is 35.6 Å². The van der Waals surface area contributed by atoms with Gasteiger partial charge >= 0.3 is 0 Å². The second kappa shape index (κ2) is 9.08. The van der Waals surface area contributed by atoms with E-state index in [0.29, 0.717) is 0 Å². The first kappa shape index (κ1) is 19.1. The topological polar surface area (TPSA) is 43.1 Å². The van der Waals surface area contributed by atoms with E-state index in [-0.39, 0.29) is 27.6 Å². The number of rotatable bonds is 8. The second-order valence-electron chi connectivity index (χ2n) is 5.04. The van der Waals surface area contributed by atoms with Crippen LogP contribution in [0.1, 0.15) is 32.8 Å². The van der Waals surface area contributed by atoms with Gasteiger partial charge in [-0.2, -0.15) is 0 Å². The summed E-state index contributed by atoms with van der Waals surface area (Å²) in [5.74, 6) is 0. The molecule has 0 bridgehead atoms. The Balaban J connectivity index is 0.00000361. The highest BCUT2D eigenvalue weighted by atomic mass is 79.9. The Kier molecular flexibility index (Phi) is 8.65. The second-order valence-corrected chi connectivity index (χ2v) is 5.04. The zero-order valence-electron chi connectivity index (χ0n) is 12.6. The van der Waals surface area contributed by atoms with Gasteiger partial charge in [0.25, 0.3) is 5.69 Å². The minimum atomic E-state index is -0.350. The maximum absolute atomic E-state index is 10.6. The highest BCUT2D eigenvalue weighted by Crippen LogP contribution is 2.14. The summed E-state index contributed by atoms with van der Waals surface area (Å²) in [4.78, 5) is 10.2. The number of benzene rings is 1. The molecule has 0 saturated carbocycles. The summed E-state index contributed by atoms with van der Waals surface area (Å²) < 4.78 is 1.16. The first-order valence-electron chi connectivity index (χ1n) is 7.15. The smallest absolute Gasteiger partial charge is 0.269 e. The minimum Gasteiger partial charge on any atom is -1.00 e. The van der Waals surface area contributed by atoms with E-state index in [1.807, 2.05) is 12.1 Å². The number of nitro benzene ring substituents is 1. The molecule has 0 radical (unpaired) electrons. The zero-order chi connectivity index (χ0) is 14.3. The van der Waals surface area contributed by atoms with E-state index in [9.17, 15) is 10.1 Å². The number of aryl methyl sites for hydroxylation is 1. The molecular formula is C15H25BrN2O2. The van der Waals surface area contributed by atoms with Crippen LogP contribution in [0.25, 0.3) is 0 Å². The van der Waals surface area contributed by atoms with Crippen LogP contribution in [0.3, 0.4) is 0 Å². The molecule has 0 heterocycles. The lowest BCUT2D eigenvalue weighted by Gasteiger charge is -2.35. The quantitative estimate of drug-likeness (QED) is 0.389. The molecule has 0 aliphatic rings. The molecule has 0 atom stereocenters. The van der Waals surface area contributed by atoms with E-state index in [0.717, 1.165) is 17.3 Å². The maximum atomic E-state index is 10.6. The summed E-state index contributed by atoms with van der Waals surface area (Å²) in [6.45, 7) is 11.4. The van der Waals surface area contributed by atoms with Crippen molar-refractivity contribution in [3.05, 3.63) is 39.9 Å². The summed E-state index contributed by atoms with van der Waals surface area (Å²) in [5.41, 5.74) is 1.36. The van der Waals surface area contributed by atoms with Gasteiger partial charge in [-0.25, -0.2) is 0 Å². The molecule has 0 spiro atoms. The molecule has 0 amide bonds. The van der Waals surface area contributed by atoms with Crippen molar-refractivity contribution < 1.29 is 26.4 Å². The molecule has 114 valence electrons. The molecule has 0 aromatic heterocycles. The summed E-state index contributed by atoms with van der Waals surface area (Å²) in [6.07, 6.45) is 2.13. The predicted octanol–water partition coefficient (Wildman–Crippen LogP) is 0.408. The summed E-state index contributed by atoms with van der Waals surface area (Å²) >= 11 is 0. The highest BCUT2D eigenvalue weighted by molar-refractivity contribution is 5.32. The van der Waals surface area contributed by atoms with Crippen molar-refractivity contribution in [1.29, 1.82) is 0 Å². The Hall–Kier alpha value is -0.940. The van der Waals surface area contributed by atoms with Crippen LogP contribution in [0.4, 0.5) is 5.69 Å². The lowest BCUT2D eigenvalue weighted by atomic mass is 10.1.